The Labute approximate surface area is 175 Å². The molecule has 2 heterocycles. The van der Waals surface area contributed by atoms with Crippen LogP contribution in [0.4, 0.5) is 15.9 Å². The lowest BCUT2D eigenvalue weighted by molar-refractivity contribution is -0.123. The number of halogens is 1. The lowest BCUT2D eigenvalue weighted by Gasteiger charge is -2.23. The Balaban J connectivity index is 1.57. The van der Waals surface area contributed by atoms with E-state index in [4.69, 9.17) is 0 Å². The van der Waals surface area contributed by atoms with Crippen LogP contribution in [0.15, 0.2) is 64.5 Å². The lowest BCUT2D eigenvalue weighted by Crippen LogP contribution is -2.36. The van der Waals surface area contributed by atoms with E-state index in [1.807, 2.05) is 30.3 Å². The number of fused-ring (bicyclic) bond motifs is 1. The van der Waals surface area contributed by atoms with Crippen LogP contribution >= 0.6 is 11.8 Å². The first kappa shape index (κ1) is 19.8. The fourth-order valence-electron chi connectivity index (χ4n) is 3.13. The second-order valence-electron chi connectivity index (χ2n) is 6.71. The molecule has 152 valence electrons. The predicted molar refractivity (Wildman–Crippen MR) is 112 cm³/mol. The SMILES string of the molecule is O=C1C[C@H](C(=O)Nc2ccc(F)cc2)c2c(nc(SCc3ccccc3)[nH]c2=O)N1. The van der Waals surface area contributed by atoms with E-state index in [9.17, 15) is 18.8 Å². The lowest BCUT2D eigenvalue weighted by atomic mass is 9.92. The molecule has 0 bridgehead atoms. The zero-order valence-corrected chi connectivity index (χ0v) is 16.5. The summed E-state index contributed by atoms with van der Waals surface area (Å²) in [6.07, 6.45) is -0.179. The Morgan fingerprint density at radius 2 is 1.87 bits per heavy atom. The van der Waals surface area contributed by atoms with E-state index in [1.165, 1.54) is 36.0 Å². The van der Waals surface area contributed by atoms with E-state index < -0.39 is 29.1 Å². The van der Waals surface area contributed by atoms with Gasteiger partial charge in [-0.05, 0) is 29.8 Å². The molecule has 0 fully saturated rings. The van der Waals surface area contributed by atoms with Crippen LogP contribution in [0.25, 0.3) is 0 Å². The van der Waals surface area contributed by atoms with Gasteiger partial charge in [-0.1, -0.05) is 42.1 Å². The van der Waals surface area contributed by atoms with Crippen LogP contribution in [-0.4, -0.2) is 21.8 Å². The van der Waals surface area contributed by atoms with Gasteiger partial charge in [-0.3, -0.25) is 14.4 Å². The topological polar surface area (TPSA) is 104 Å². The summed E-state index contributed by atoms with van der Waals surface area (Å²) in [6.45, 7) is 0. The standard InChI is InChI=1S/C21H17FN4O3S/c22-13-6-8-14(9-7-13)23-19(28)15-10-16(27)24-18-17(15)20(29)26-21(25-18)30-11-12-4-2-1-3-5-12/h1-9,15H,10-11H2,(H,23,28)(H2,24,25,26,27,29)/t15-/m0/s1. The van der Waals surface area contributed by atoms with Crippen LogP contribution in [0.2, 0.25) is 0 Å². The van der Waals surface area contributed by atoms with Crippen LogP contribution in [0.5, 0.6) is 0 Å². The second-order valence-corrected chi connectivity index (χ2v) is 7.67. The van der Waals surface area contributed by atoms with Crippen LogP contribution in [-0.2, 0) is 15.3 Å². The van der Waals surface area contributed by atoms with Gasteiger partial charge in [-0.2, -0.15) is 0 Å². The fourth-order valence-corrected chi connectivity index (χ4v) is 3.95. The maximum atomic E-state index is 13.1. The maximum Gasteiger partial charge on any atom is 0.257 e. The molecule has 1 aliphatic heterocycles. The average molecular weight is 424 g/mol. The van der Waals surface area contributed by atoms with Crippen LogP contribution in [0.3, 0.4) is 0 Å². The van der Waals surface area contributed by atoms with Crippen molar-refractivity contribution in [3.63, 3.8) is 0 Å². The Morgan fingerprint density at radius 3 is 2.60 bits per heavy atom. The van der Waals surface area contributed by atoms with Gasteiger partial charge in [0.05, 0.1) is 11.5 Å². The number of benzene rings is 2. The summed E-state index contributed by atoms with van der Waals surface area (Å²) < 4.78 is 13.1. The number of hydrogen-bond donors (Lipinski definition) is 3. The number of H-pyrrole nitrogens is 1. The van der Waals surface area contributed by atoms with Gasteiger partial charge in [0, 0.05) is 17.9 Å². The minimum atomic E-state index is -0.997. The molecule has 30 heavy (non-hydrogen) atoms. The number of nitrogens with one attached hydrogen (secondary N) is 3. The van der Waals surface area contributed by atoms with Gasteiger partial charge >= 0.3 is 0 Å². The van der Waals surface area contributed by atoms with Gasteiger partial charge in [-0.25, -0.2) is 9.37 Å². The zero-order chi connectivity index (χ0) is 21.1. The van der Waals surface area contributed by atoms with E-state index in [-0.39, 0.29) is 17.8 Å². The van der Waals surface area contributed by atoms with Gasteiger partial charge in [0.2, 0.25) is 11.8 Å². The summed E-state index contributed by atoms with van der Waals surface area (Å²) >= 11 is 1.32. The third-order valence-corrected chi connectivity index (χ3v) is 5.52. The first-order valence-electron chi connectivity index (χ1n) is 9.17. The molecule has 1 atom stereocenters. The van der Waals surface area contributed by atoms with E-state index in [2.05, 4.69) is 20.6 Å². The molecule has 0 aliphatic carbocycles. The molecule has 9 heteroatoms. The molecule has 1 aliphatic rings. The van der Waals surface area contributed by atoms with Crippen molar-refractivity contribution < 1.29 is 14.0 Å². The van der Waals surface area contributed by atoms with E-state index in [0.29, 0.717) is 16.6 Å². The zero-order valence-electron chi connectivity index (χ0n) is 15.6. The monoisotopic (exact) mass is 424 g/mol. The van der Waals surface area contributed by atoms with E-state index >= 15 is 0 Å². The molecule has 2 amide bonds. The van der Waals surface area contributed by atoms with Crippen molar-refractivity contribution in [1.82, 2.24) is 9.97 Å². The minimum Gasteiger partial charge on any atom is -0.326 e. The van der Waals surface area contributed by atoms with Crippen LogP contribution in [0, 0.1) is 5.82 Å². The number of anilines is 2. The molecule has 0 saturated heterocycles. The molecule has 0 spiro atoms. The van der Waals surface area contributed by atoms with Crippen molar-refractivity contribution in [2.45, 2.75) is 23.2 Å². The fraction of sp³-hybridized carbons (Fsp3) is 0.143. The van der Waals surface area contributed by atoms with Crippen molar-refractivity contribution in [1.29, 1.82) is 0 Å². The summed E-state index contributed by atoms with van der Waals surface area (Å²) in [5, 5.41) is 5.55. The van der Waals surface area contributed by atoms with Gasteiger partial charge in [-0.15, -0.1) is 0 Å². The Morgan fingerprint density at radius 1 is 1.13 bits per heavy atom. The molecule has 3 aromatic rings. The minimum absolute atomic E-state index is 0.0878. The first-order chi connectivity index (χ1) is 14.5. The second kappa shape index (κ2) is 8.50. The highest BCUT2D eigenvalue weighted by Crippen LogP contribution is 2.31. The van der Waals surface area contributed by atoms with Crippen molar-refractivity contribution in [2.24, 2.45) is 0 Å². The number of aromatic amines is 1. The maximum absolute atomic E-state index is 13.1. The molecule has 0 saturated carbocycles. The molecular formula is C21H17FN4O3S. The summed E-state index contributed by atoms with van der Waals surface area (Å²) in [5.41, 5.74) is 1.06. The predicted octanol–water partition coefficient (Wildman–Crippen LogP) is 3.27. The van der Waals surface area contributed by atoms with E-state index in [1.54, 1.807) is 0 Å². The number of carbonyl (C=O) groups excluding carboxylic acids is 2. The molecule has 7 nitrogen and oxygen atoms in total. The number of rotatable bonds is 5. The van der Waals surface area contributed by atoms with Crippen molar-refractivity contribution in [3.05, 3.63) is 81.9 Å². The summed E-state index contributed by atoms with van der Waals surface area (Å²) in [5.74, 6) is -1.69. The van der Waals surface area contributed by atoms with Crippen LogP contribution in [0.1, 0.15) is 23.5 Å². The molecule has 3 N–H and O–H groups in total. The van der Waals surface area contributed by atoms with Gasteiger partial charge in [0.1, 0.15) is 11.6 Å². The number of aromatic nitrogens is 2. The number of carbonyl (C=O) groups is 2. The van der Waals surface area contributed by atoms with Crippen molar-refractivity contribution in [2.75, 3.05) is 10.6 Å². The largest absolute Gasteiger partial charge is 0.326 e. The van der Waals surface area contributed by atoms with Gasteiger partial charge in [0.15, 0.2) is 5.16 Å². The average Bonchev–Trinajstić information content (AvgIpc) is 2.73. The highest BCUT2D eigenvalue weighted by molar-refractivity contribution is 7.98. The number of nitrogens with zero attached hydrogens (tertiary/aromatic N) is 1. The summed E-state index contributed by atoms with van der Waals surface area (Å²) in [7, 11) is 0. The Kier molecular flexibility index (Phi) is 5.62. The van der Waals surface area contributed by atoms with Crippen LogP contribution < -0.4 is 16.2 Å². The Bertz CT molecular complexity index is 1150. The molecule has 1 aromatic heterocycles. The van der Waals surface area contributed by atoms with E-state index in [0.717, 1.165) is 5.56 Å². The molecule has 0 unspecified atom stereocenters. The molecule has 4 rings (SSSR count). The summed E-state index contributed by atoms with van der Waals surface area (Å²) in [4.78, 5) is 44.6. The first-order valence-corrected chi connectivity index (χ1v) is 10.2. The van der Waals surface area contributed by atoms with Crippen molar-refractivity contribution >= 4 is 35.1 Å². The summed E-state index contributed by atoms with van der Waals surface area (Å²) in [6, 6.07) is 14.9. The van der Waals surface area contributed by atoms with Crippen molar-refractivity contribution in [3.8, 4) is 0 Å². The van der Waals surface area contributed by atoms with Gasteiger partial charge in [0.25, 0.3) is 5.56 Å². The normalized spacial score (nSPS) is 15.2. The highest BCUT2D eigenvalue weighted by Gasteiger charge is 2.34. The molecule has 2 aromatic carbocycles. The number of thioether (sulfide) groups is 1. The highest BCUT2D eigenvalue weighted by atomic mass is 32.2. The number of amides is 2. The quantitative estimate of drug-likeness (QED) is 0.431. The van der Waals surface area contributed by atoms with Gasteiger partial charge < -0.3 is 15.6 Å². The smallest absolute Gasteiger partial charge is 0.257 e. The molecule has 0 radical (unpaired) electrons. The third kappa shape index (κ3) is 4.41. The molecular weight excluding hydrogens is 407 g/mol. The Hall–Kier alpha value is -3.46. The number of hydrogen-bond acceptors (Lipinski definition) is 5. The third-order valence-electron chi connectivity index (χ3n) is 4.58.